The molecule has 0 bridgehead atoms. The van der Waals surface area contributed by atoms with Gasteiger partial charge in [-0.1, -0.05) is 0 Å². The minimum atomic E-state index is -0.278. The summed E-state index contributed by atoms with van der Waals surface area (Å²) in [5.74, 6) is 2.56. The first-order chi connectivity index (χ1) is 15.4. The number of aromatic amines is 1. The van der Waals surface area contributed by atoms with Crippen LogP contribution in [0.2, 0.25) is 0 Å². The summed E-state index contributed by atoms with van der Waals surface area (Å²) in [6.45, 7) is 3.95. The van der Waals surface area contributed by atoms with Gasteiger partial charge in [-0.15, -0.1) is 0 Å². The van der Waals surface area contributed by atoms with E-state index in [0.29, 0.717) is 23.9 Å². The predicted molar refractivity (Wildman–Crippen MR) is 123 cm³/mol. The molecule has 1 aliphatic rings. The number of hydrogen-bond acceptors (Lipinski definition) is 5. The molecule has 1 amide bonds. The van der Waals surface area contributed by atoms with E-state index in [9.17, 15) is 4.79 Å². The molecule has 0 saturated heterocycles. The number of carbonyl (C=O) groups is 1. The van der Waals surface area contributed by atoms with Crippen molar-refractivity contribution in [2.24, 2.45) is 0 Å². The number of amides is 1. The molecule has 32 heavy (non-hydrogen) atoms. The lowest BCUT2D eigenvalue weighted by molar-refractivity contribution is -0.120. The van der Waals surface area contributed by atoms with Crippen LogP contribution in [-0.2, 0) is 4.79 Å². The van der Waals surface area contributed by atoms with Crippen LogP contribution in [0.1, 0.15) is 25.5 Å². The van der Waals surface area contributed by atoms with Crippen molar-refractivity contribution < 1.29 is 19.0 Å². The number of rotatable bonds is 7. The van der Waals surface area contributed by atoms with Crippen LogP contribution in [0.25, 0.3) is 21.8 Å². The fraction of sp³-hybridized carbons (Fsp3) is 0.280. The van der Waals surface area contributed by atoms with Gasteiger partial charge in [-0.2, -0.15) is 0 Å². The lowest BCUT2D eigenvalue weighted by atomic mass is 10.1. The monoisotopic (exact) mass is 431 g/mol. The Morgan fingerprint density at radius 2 is 1.97 bits per heavy atom. The third kappa shape index (κ3) is 3.93. The normalized spacial score (nSPS) is 14.3. The first-order valence-corrected chi connectivity index (χ1v) is 10.6. The Morgan fingerprint density at radius 1 is 1.12 bits per heavy atom. The molecule has 2 aromatic carbocycles. The van der Waals surface area contributed by atoms with Crippen molar-refractivity contribution in [1.82, 2.24) is 15.3 Å². The third-order valence-corrected chi connectivity index (χ3v) is 5.74. The molecule has 0 atom stereocenters. The number of ether oxygens (including phenoxy) is 3. The fourth-order valence-electron chi connectivity index (χ4n) is 3.98. The van der Waals surface area contributed by atoms with Gasteiger partial charge in [-0.3, -0.25) is 9.78 Å². The Balaban J connectivity index is 1.43. The van der Waals surface area contributed by atoms with Crippen LogP contribution in [0.3, 0.4) is 0 Å². The van der Waals surface area contributed by atoms with E-state index in [4.69, 9.17) is 14.2 Å². The van der Waals surface area contributed by atoms with Gasteiger partial charge in [0.2, 0.25) is 5.91 Å². The highest BCUT2D eigenvalue weighted by Crippen LogP contribution is 2.40. The molecule has 0 unspecified atom stereocenters. The third-order valence-electron chi connectivity index (χ3n) is 5.74. The average molecular weight is 431 g/mol. The Labute approximate surface area is 185 Å². The number of carbonyl (C=O) groups excluding carboxylic acids is 1. The maximum absolute atomic E-state index is 11.5. The molecule has 1 fully saturated rings. The van der Waals surface area contributed by atoms with Crippen molar-refractivity contribution in [3.63, 3.8) is 0 Å². The number of methoxy groups -OCH3 is 1. The smallest absolute Gasteiger partial charge is 0.217 e. The standard InChI is InChI=1S/C25H25N3O4/c1-15-10-17-11-18(4-5-20(17)27-15)32-22-6-9-26-21-13-24(23(30-3)12-19(21)22)31-14-25(7-8-25)28-16(2)29/h4-6,9-13,27H,7-8,14H2,1-3H3,(H,28,29). The van der Waals surface area contributed by atoms with Crippen molar-refractivity contribution in [2.45, 2.75) is 32.2 Å². The van der Waals surface area contributed by atoms with Crippen LogP contribution in [0.5, 0.6) is 23.0 Å². The number of H-pyrrole nitrogens is 1. The molecule has 2 heterocycles. The molecule has 2 N–H and O–H groups in total. The van der Waals surface area contributed by atoms with Crippen LogP contribution in [-0.4, -0.2) is 35.1 Å². The topological polar surface area (TPSA) is 85.5 Å². The van der Waals surface area contributed by atoms with Crippen LogP contribution in [0.15, 0.2) is 48.7 Å². The zero-order chi connectivity index (χ0) is 22.3. The van der Waals surface area contributed by atoms with Gasteiger partial charge in [-0.25, -0.2) is 0 Å². The van der Waals surface area contributed by atoms with Gasteiger partial charge in [-0.05, 0) is 56.2 Å². The second-order valence-corrected chi connectivity index (χ2v) is 8.38. The molecule has 4 aromatic rings. The first-order valence-electron chi connectivity index (χ1n) is 10.6. The van der Waals surface area contributed by atoms with E-state index in [1.807, 2.05) is 43.3 Å². The molecule has 7 nitrogen and oxygen atoms in total. The highest BCUT2D eigenvalue weighted by atomic mass is 16.5. The number of nitrogens with one attached hydrogen (secondary N) is 2. The van der Waals surface area contributed by atoms with Gasteiger partial charge < -0.3 is 24.5 Å². The minimum absolute atomic E-state index is 0.0481. The van der Waals surface area contributed by atoms with Crippen LogP contribution < -0.4 is 19.5 Å². The van der Waals surface area contributed by atoms with Gasteiger partial charge in [0.1, 0.15) is 18.1 Å². The Bertz CT molecular complexity index is 1320. The zero-order valence-corrected chi connectivity index (χ0v) is 18.3. The molecule has 164 valence electrons. The minimum Gasteiger partial charge on any atom is -0.493 e. The molecule has 0 spiro atoms. The molecule has 7 heteroatoms. The number of fused-ring (bicyclic) bond motifs is 2. The van der Waals surface area contributed by atoms with Crippen molar-refractivity contribution in [3.05, 3.63) is 54.4 Å². The lowest BCUT2D eigenvalue weighted by Gasteiger charge is -2.19. The average Bonchev–Trinajstić information content (AvgIpc) is 3.41. The van der Waals surface area contributed by atoms with Crippen LogP contribution in [0.4, 0.5) is 0 Å². The van der Waals surface area contributed by atoms with Crippen molar-refractivity contribution in [1.29, 1.82) is 0 Å². The van der Waals surface area contributed by atoms with Gasteiger partial charge >= 0.3 is 0 Å². The van der Waals surface area contributed by atoms with Crippen molar-refractivity contribution in [3.8, 4) is 23.0 Å². The van der Waals surface area contributed by atoms with E-state index in [2.05, 4.69) is 21.4 Å². The number of benzene rings is 2. The van der Waals surface area contributed by atoms with E-state index in [1.165, 1.54) is 6.92 Å². The van der Waals surface area contributed by atoms with Crippen molar-refractivity contribution >= 4 is 27.7 Å². The van der Waals surface area contributed by atoms with Gasteiger partial charge in [0.25, 0.3) is 0 Å². The highest BCUT2D eigenvalue weighted by molar-refractivity contribution is 5.89. The molecule has 5 rings (SSSR count). The molecular formula is C25H25N3O4. The number of hydrogen-bond donors (Lipinski definition) is 2. The molecule has 1 saturated carbocycles. The summed E-state index contributed by atoms with van der Waals surface area (Å²) in [4.78, 5) is 19.3. The molecule has 2 aromatic heterocycles. The molecule has 0 aliphatic heterocycles. The Morgan fingerprint density at radius 3 is 2.72 bits per heavy atom. The van der Waals surface area contributed by atoms with E-state index in [1.54, 1.807) is 13.3 Å². The summed E-state index contributed by atoms with van der Waals surface area (Å²) in [7, 11) is 1.60. The predicted octanol–water partition coefficient (Wildman–Crippen LogP) is 4.87. The number of aromatic nitrogens is 2. The first kappa shape index (κ1) is 20.2. The van der Waals surface area contributed by atoms with E-state index >= 15 is 0 Å². The second-order valence-electron chi connectivity index (χ2n) is 8.38. The van der Waals surface area contributed by atoms with Gasteiger partial charge in [0, 0.05) is 41.2 Å². The van der Waals surface area contributed by atoms with E-state index in [-0.39, 0.29) is 11.4 Å². The van der Waals surface area contributed by atoms with Crippen molar-refractivity contribution in [2.75, 3.05) is 13.7 Å². The molecular weight excluding hydrogens is 406 g/mol. The summed E-state index contributed by atoms with van der Waals surface area (Å²) in [6, 6.07) is 13.6. The highest BCUT2D eigenvalue weighted by Gasteiger charge is 2.44. The quantitative estimate of drug-likeness (QED) is 0.436. The summed E-state index contributed by atoms with van der Waals surface area (Å²) < 4.78 is 17.9. The van der Waals surface area contributed by atoms with Gasteiger partial charge in [0.15, 0.2) is 11.5 Å². The molecule has 1 aliphatic carbocycles. The lowest BCUT2D eigenvalue weighted by Crippen LogP contribution is -2.40. The number of nitrogens with zero attached hydrogens (tertiary/aromatic N) is 1. The summed E-state index contributed by atoms with van der Waals surface area (Å²) in [5.41, 5.74) is 2.64. The number of pyridine rings is 1. The van der Waals surface area contributed by atoms with Crippen LogP contribution in [0, 0.1) is 6.92 Å². The summed E-state index contributed by atoms with van der Waals surface area (Å²) in [6.07, 6.45) is 3.53. The fourth-order valence-corrected chi connectivity index (χ4v) is 3.98. The SMILES string of the molecule is COc1cc2c(Oc3ccc4[nH]c(C)cc4c3)ccnc2cc1OCC1(NC(C)=O)CC1. The van der Waals surface area contributed by atoms with Crippen LogP contribution >= 0.6 is 0 Å². The summed E-state index contributed by atoms with van der Waals surface area (Å²) >= 11 is 0. The largest absolute Gasteiger partial charge is 0.493 e. The Kier molecular flexibility index (Phi) is 4.89. The van der Waals surface area contributed by atoms with E-state index < -0.39 is 0 Å². The van der Waals surface area contributed by atoms with E-state index in [0.717, 1.165) is 46.1 Å². The zero-order valence-electron chi connectivity index (χ0n) is 18.3. The Hall–Kier alpha value is -3.74. The number of aryl methyl sites for hydroxylation is 1. The second kappa shape index (κ2) is 7.75. The molecule has 0 radical (unpaired) electrons. The maximum Gasteiger partial charge on any atom is 0.217 e. The summed E-state index contributed by atoms with van der Waals surface area (Å²) in [5, 5.41) is 4.90. The maximum atomic E-state index is 11.5. The van der Waals surface area contributed by atoms with Gasteiger partial charge in [0.05, 0.1) is 18.2 Å².